The Kier molecular flexibility index (Phi) is 7.44. The molecule has 7 rings (SSSR count). The number of likely N-dealkylation sites (N-methyl/N-ethyl adjacent to an activating group) is 1. The van der Waals surface area contributed by atoms with Gasteiger partial charge in [-0.05, 0) is 75.0 Å². The minimum absolute atomic E-state index is 0.0176. The van der Waals surface area contributed by atoms with Crippen LogP contribution in [0.4, 0.5) is 14.6 Å². The van der Waals surface area contributed by atoms with E-state index in [-0.39, 0.29) is 40.8 Å². The molecule has 1 N–H and O–H groups in total. The summed E-state index contributed by atoms with van der Waals surface area (Å²) in [6, 6.07) is 12.2. The quantitative estimate of drug-likeness (QED) is 0.223. The topological polar surface area (TPSA) is 66.4 Å². The van der Waals surface area contributed by atoms with Crippen LogP contribution in [0.15, 0.2) is 42.6 Å². The van der Waals surface area contributed by atoms with E-state index in [0.717, 1.165) is 54.1 Å². The summed E-state index contributed by atoms with van der Waals surface area (Å²) in [7, 11) is 4.20. The second kappa shape index (κ2) is 11.2. The van der Waals surface area contributed by atoms with E-state index in [1.54, 1.807) is 6.20 Å². The van der Waals surface area contributed by atoms with E-state index in [9.17, 15) is 4.39 Å². The number of halogens is 2. The maximum Gasteiger partial charge on any atom is 0.319 e. The first-order valence-corrected chi connectivity index (χ1v) is 16.0. The SMILES string of the molecule is CC(C)c1cccc2cccc(-c3ncc4c(NCC5(N(C)C)CCC5)nc(OC[C@@]56CCCN5C[C@H](F)C6)nc4c3F)c12. The molecule has 2 aromatic heterocycles. The van der Waals surface area contributed by atoms with Gasteiger partial charge in [0.25, 0.3) is 0 Å². The Bertz CT molecular complexity index is 1700. The molecular weight excluding hydrogens is 558 g/mol. The number of hydrogen-bond donors (Lipinski definition) is 1. The van der Waals surface area contributed by atoms with Crippen molar-refractivity contribution in [3.63, 3.8) is 0 Å². The van der Waals surface area contributed by atoms with Crippen LogP contribution in [0.2, 0.25) is 0 Å². The first kappa shape index (κ1) is 29.3. The molecule has 3 aliphatic rings. The van der Waals surface area contributed by atoms with Gasteiger partial charge in [-0.15, -0.1) is 0 Å². The molecule has 2 atom stereocenters. The van der Waals surface area contributed by atoms with Gasteiger partial charge in [0.15, 0.2) is 5.82 Å². The fourth-order valence-corrected chi connectivity index (χ4v) is 7.73. The van der Waals surface area contributed by atoms with E-state index in [1.807, 2.05) is 18.2 Å². The van der Waals surface area contributed by atoms with Crippen molar-refractivity contribution in [3.05, 3.63) is 54.0 Å². The summed E-state index contributed by atoms with van der Waals surface area (Å²) in [5.41, 5.74) is 1.97. The summed E-state index contributed by atoms with van der Waals surface area (Å²) in [6.45, 7) is 6.54. The van der Waals surface area contributed by atoms with Crippen LogP contribution in [0.5, 0.6) is 6.01 Å². The van der Waals surface area contributed by atoms with Gasteiger partial charge in [0.1, 0.15) is 29.8 Å². The van der Waals surface area contributed by atoms with Gasteiger partial charge in [0.2, 0.25) is 0 Å². The fourth-order valence-electron chi connectivity index (χ4n) is 7.73. The first-order chi connectivity index (χ1) is 21.2. The molecule has 0 amide bonds. The summed E-state index contributed by atoms with van der Waals surface area (Å²) in [6.07, 6.45) is 6.49. The lowest BCUT2D eigenvalue weighted by molar-refractivity contribution is 0.0738. The van der Waals surface area contributed by atoms with Crippen LogP contribution in [0, 0.1) is 5.82 Å². The average molecular weight is 601 g/mol. The minimum Gasteiger partial charge on any atom is -0.461 e. The molecule has 0 radical (unpaired) electrons. The number of benzene rings is 2. The zero-order valence-corrected chi connectivity index (χ0v) is 26.2. The third kappa shape index (κ3) is 4.88. The van der Waals surface area contributed by atoms with Gasteiger partial charge in [-0.3, -0.25) is 9.88 Å². The Labute approximate surface area is 258 Å². The van der Waals surface area contributed by atoms with E-state index in [4.69, 9.17) is 14.7 Å². The van der Waals surface area contributed by atoms with Gasteiger partial charge in [0.05, 0.1) is 10.9 Å². The fraction of sp³-hybridized carbons (Fsp3) is 0.514. The Hall–Kier alpha value is -3.43. The summed E-state index contributed by atoms with van der Waals surface area (Å²) in [4.78, 5) is 18.6. The van der Waals surface area contributed by atoms with E-state index in [2.05, 4.69) is 66.2 Å². The van der Waals surface area contributed by atoms with Gasteiger partial charge in [-0.25, -0.2) is 8.78 Å². The maximum atomic E-state index is 16.8. The van der Waals surface area contributed by atoms with Crippen molar-refractivity contribution < 1.29 is 13.5 Å². The number of ether oxygens (including phenoxy) is 1. The van der Waals surface area contributed by atoms with Crippen molar-refractivity contribution in [3.8, 4) is 17.3 Å². The Morgan fingerprint density at radius 3 is 2.61 bits per heavy atom. The number of aromatic nitrogens is 3. The third-order valence-electron chi connectivity index (χ3n) is 10.5. The number of nitrogens with zero attached hydrogens (tertiary/aromatic N) is 5. The zero-order valence-electron chi connectivity index (χ0n) is 26.2. The van der Waals surface area contributed by atoms with Crippen molar-refractivity contribution in [1.82, 2.24) is 24.8 Å². The number of anilines is 1. The lowest BCUT2D eigenvalue weighted by Gasteiger charge is -2.47. The molecule has 1 saturated carbocycles. The smallest absolute Gasteiger partial charge is 0.319 e. The maximum absolute atomic E-state index is 16.8. The van der Waals surface area contributed by atoms with E-state index in [1.165, 1.54) is 6.42 Å². The number of alkyl halides is 1. The predicted octanol–water partition coefficient (Wildman–Crippen LogP) is 6.96. The molecule has 9 heteroatoms. The largest absolute Gasteiger partial charge is 0.461 e. The van der Waals surface area contributed by atoms with E-state index in [0.29, 0.717) is 30.7 Å². The highest BCUT2D eigenvalue weighted by molar-refractivity contribution is 6.00. The molecule has 1 aliphatic carbocycles. The minimum atomic E-state index is -0.860. The van der Waals surface area contributed by atoms with Crippen LogP contribution in [-0.4, -0.2) is 82.3 Å². The van der Waals surface area contributed by atoms with Crippen molar-refractivity contribution >= 4 is 27.5 Å². The van der Waals surface area contributed by atoms with Gasteiger partial charge < -0.3 is 15.0 Å². The number of nitrogens with one attached hydrogen (secondary N) is 1. The molecule has 3 fully saturated rings. The Balaban J connectivity index is 1.32. The number of pyridine rings is 1. The van der Waals surface area contributed by atoms with Crippen LogP contribution >= 0.6 is 0 Å². The molecule has 7 nitrogen and oxygen atoms in total. The standard InChI is InChI=1S/C35H42F2N6O/c1-22(2)25-11-5-9-23-10-6-12-26(28(23)25)30-29(37)31-27(18-38-30)32(39-20-34(42(3)4)13-7-14-34)41-33(40-31)44-21-35-15-8-16-43(35)19-24(36)17-35/h5-6,9-12,18,22,24H,7-8,13-17,19-21H2,1-4H3,(H,39,40,41)/t24-,35+/m1/s1. The molecule has 232 valence electrons. The molecule has 2 aliphatic heterocycles. The van der Waals surface area contributed by atoms with Crippen molar-refractivity contribution in [2.75, 3.05) is 45.7 Å². The Morgan fingerprint density at radius 2 is 1.89 bits per heavy atom. The second-order valence-electron chi connectivity index (χ2n) is 13.6. The lowest BCUT2D eigenvalue weighted by Crippen LogP contribution is -2.54. The second-order valence-corrected chi connectivity index (χ2v) is 13.6. The molecule has 0 spiro atoms. The van der Waals surface area contributed by atoms with Crippen molar-refractivity contribution in [1.29, 1.82) is 0 Å². The monoisotopic (exact) mass is 600 g/mol. The normalized spacial score (nSPS) is 23.0. The van der Waals surface area contributed by atoms with E-state index < -0.39 is 12.0 Å². The highest BCUT2D eigenvalue weighted by Crippen LogP contribution is 2.42. The summed E-state index contributed by atoms with van der Waals surface area (Å²) < 4.78 is 37.5. The number of fused-ring (bicyclic) bond motifs is 3. The number of hydrogen-bond acceptors (Lipinski definition) is 7. The highest BCUT2D eigenvalue weighted by atomic mass is 19.1. The first-order valence-electron chi connectivity index (χ1n) is 16.0. The van der Waals surface area contributed by atoms with Crippen LogP contribution in [0.25, 0.3) is 32.9 Å². The van der Waals surface area contributed by atoms with Crippen LogP contribution in [0.3, 0.4) is 0 Å². The van der Waals surface area contributed by atoms with Crippen molar-refractivity contribution in [2.45, 2.75) is 75.5 Å². The van der Waals surface area contributed by atoms with Gasteiger partial charge in [-0.2, -0.15) is 9.97 Å². The predicted molar refractivity (Wildman–Crippen MR) is 172 cm³/mol. The average Bonchev–Trinajstić information content (AvgIpc) is 3.50. The van der Waals surface area contributed by atoms with Gasteiger partial charge >= 0.3 is 6.01 Å². The summed E-state index contributed by atoms with van der Waals surface area (Å²) in [5, 5.41) is 6.08. The van der Waals surface area contributed by atoms with Gasteiger partial charge in [-0.1, -0.05) is 50.2 Å². The van der Waals surface area contributed by atoms with Gasteiger partial charge in [0, 0.05) is 36.8 Å². The summed E-state index contributed by atoms with van der Waals surface area (Å²) in [5.74, 6) is 0.263. The number of rotatable bonds is 9. The Morgan fingerprint density at radius 1 is 1.09 bits per heavy atom. The molecule has 4 aromatic rings. The molecule has 2 aromatic carbocycles. The van der Waals surface area contributed by atoms with Crippen molar-refractivity contribution in [2.24, 2.45) is 0 Å². The molecule has 0 bridgehead atoms. The zero-order chi connectivity index (χ0) is 30.6. The van der Waals surface area contributed by atoms with Crippen LogP contribution in [-0.2, 0) is 0 Å². The molecule has 4 heterocycles. The molecular formula is C35H42F2N6O. The van der Waals surface area contributed by atoms with Crippen LogP contribution < -0.4 is 10.1 Å². The van der Waals surface area contributed by atoms with Crippen LogP contribution in [0.1, 0.15) is 63.9 Å². The third-order valence-corrected chi connectivity index (χ3v) is 10.5. The lowest BCUT2D eigenvalue weighted by atomic mass is 9.75. The molecule has 0 unspecified atom stereocenters. The van der Waals surface area contributed by atoms with E-state index >= 15 is 4.39 Å². The molecule has 2 saturated heterocycles. The highest BCUT2D eigenvalue weighted by Gasteiger charge is 2.49. The molecule has 44 heavy (non-hydrogen) atoms. The summed E-state index contributed by atoms with van der Waals surface area (Å²) >= 11 is 0.